The molecule has 0 radical (unpaired) electrons. The van der Waals surface area contributed by atoms with E-state index in [2.05, 4.69) is 15.1 Å². The molecule has 0 bridgehead atoms. The molecule has 2 aliphatic heterocycles. The van der Waals surface area contributed by atoms with Crippen LogP contribution in [0.3, 0.4) is 0 Å². The molecule has 1 aromatic heterocycles. The number of carbonyl (C=O) groups is 2. The maximum Gasteiger partial charge on any atom is 0.254 e. The number of pyridine rings is 1. The third kappa shape index (κ3) is 4.65. The van der Waals surface area contributed by atoms with Crippen molar-refractivity contribution in [3.8, 4) is 0 Å². The number of ether oxygens (including phenoxy) is 1. The Hall–Kier alpha value is -2.71. The van der Waals surface area contributed by atoms with Gasteiger partial charge in [-0.3, -0.25) is 14.5 Å². The number of nitrogens with zero attached hydrogens (tertiary/aromatic N) is 4. The van der Waals surface area contributed by atoms with E-state index in [0.717, 1.165) is 55.7 Å². The highest BCUT2D eigenvalue weighted by Gasteiger charge is 2.27. The quantitative estimate of drug-likeness (QED) is 0.776. The van der Waals surface area contributed by atoms with E-state index < -0.39 is 0 Å². The largest absolute Gasteiger partial charge is 0.378 e. The number of rotatable bonds is 5. The van der Waals surface area contributed by atoms with E-state index in [1.165, 1.54) is 0 Å². The lowest BCUT2D eigenvalue weighted by Gasteiger charge is -2.35. The number of hydrogen-bond donors (Lipinski definition) is 1. The Morgan fingerprint density at radius 1 is 1.03 bits per heavy atom. The number of para-hydroxylation sites is 1. The molecule has 2 amide bonds. The molecule has 0 spiro atoms. The predicted octanol–water partition coefficient (Wildman–Crippen LogP) is 1.11. The van der Waals surface area contributed by atoms with Crippen LogP contribution in [0.1, 0.15) is 23.2 Å². The Balaban J connectivity index is 1.32. The summed E-state index contributed by atoms with van der Waals surface area (Å²) in [6.45, 7) is 6.03. The summed E-state index contributed by atoms with van der Waals surface area (Å²) < 4.78 is 5.41. The van der Waals surface area contributed by atoms with Gasteiger partial charge in [-0.15, -0.1) is 0 Å². The summed E-state index contributed by atoms with van der Waals surface area (Å²) in [6, 6.07) is 10.2. The molecule has 1 saturated carbocycles. The van der Waals surface area contributed by atoms with Crippen molar-refractivity contribution in [2.45, 2.75) is 18.9 Å². The molecule has 2 saturated heterocycles. The smallest absolute Gasteiger partial charge is 0.254 e. The van der Waals surface area contributed by atoms with Gasteiger partial charge in [0, 0.05) is 50.7 Å². The molecule has 1 aliphatic carbocycles. The molecule has 164 valence electrons. The van der Waals surface area contributed by atoms with Crippen molar-refractivity contribution in [2.24, 2.45) is 0 Å². The molecule has 0 unspecified atom stereocenters. The number of aromatic nitrogens is 1. The fraction of sp³-hybridized carbons (Fsp3) is 0.522. The standard InChI is InChI=1S/C23H29N5O3/c29-22(24-17-5-6-17)16-26-7-9-27(10-8-26)21-15-19(18-3-1-2-4-20(18)25-21)23(30)28-11-13-31-14-12-28/h1-4,15,17H,5-14,16H2,(H,24,29). The summed E-state index contributed by atoms with van der Waals surface area (Å²) in [5, 5.41) is 3.94. The van der Waals surface area contributed by atoms with Crippen molar-refractivity contribution >= 4 is 28.5 Å². The fourth-order valence-electron chi connectivity index (χ4n) is 4.28. The first-order chi connectivity index (χ1) is 15.2. The van der Waals surface area contributed by atoms with Gasteiger partial charge in [0.2, 0.25) is 5.91 Å². The van der Waals surface area contributed by atoms with Gasteiger partial charge in [0.15, 0.2) is 0 Å². The lowest BCUT2D eigenvalue weighted by atomic mass is 10.1. The predicted molar refractivity (Wildman–Crippen MR) is 118 cm³/mol. The first-order valence-corrected chi connectivity index (χ1v) is 11.2. The summed E-state index contributed by atoms with van der Waals surface area (Å²) >= 11 is 0. The first kappa shape index (κ1) is 20.2. The second kappa shape index (κ2) is 8.80. The van der Waals surface area contributed by atoms with E-state index in [0.29, 0.717) is 44.5 Å². The van der Waals surface area contributed by atoms with Crippen molar-refractivity contribution in [1.29, 1.82) is 0 Å². The molecule has 3 aliphatic rings. The van der Waals surface area contributed by atoms with E-state index in [4.69, 9.17) is 9.72 Å². The van der Waals surface area contributed by atoms with Gasteiger partial charge in [-0.25, -0.2) is 4.98 Å². The summed E-state index contributed by atoms with van der Waals surface area (Å²) in [7, 11) is 0. The molecular weight excluding hydrogens is 394 g/mol. The van der Waals surface area contributed by atoms with Gasteiger partial charge < -0.3 is 19.9 Å². The molecule has 5 rings (SSSR count). The number of carbonyl (C=O) groups excluding carboxylic acids is 2. The molecule has 2 aromatic rings. The number of nitrogens with one attached hydrogen (secondary N) is 1. The zero-order valence-electron chi connectivity index (χ0n) is 17.8. The third-order valence-corrected chi connectivity index (χ3v) is 6.24. The van der Waals surface area contributed by atoms with E-state index in [-0.39, 0.29) is 11.8 Å². The van der Waals surface area contributed by atoms with Crippen LogP contribution in [0.2, 0.25) is 0 Å². The van der Waals surface area contributed by atoms with Crippen LogP contribution in [-0.4, -0.2) is 91.7 Å². The number of anilines is 1. The topological polar surface area (TPSA) is 78.0 Å². The van der Waals surface area contributed by atoms with Crippen LogP contribution in [-0.2, 0) is 9.53 Å². The molecule has 31 heavy (non-hydrogen) atoms. The molecule has 8 heteroatoms. The SMILES string of the molecule is O=C(CN1CCN(c2cc(C(=O)N3CCOCC3)c3ccccc3n2)CC1)NC1CC1. The van der Waals surface area contributed by atoms with E-state index in [1.807, 2.05) is 35.2 Å². The Kier molecular flexibility index (Phi) is 5.74. The van der Waals surface area contributed by atoms with E-state index >= 15 is 0 Å². The van der Waals surface area contributed by atoms with Crippen LogP contribution in [0.5, 0.6) is 0 Å². The molecule has 1 aromatic carbocycles. The van der Waals surface area contributed by atoms with Gasteiger partial charge in [0.05, 0.1) is 30.8 Å². The zero-order chi connectivity index (χ0) is 21.2. The molecule has 8 nitrogen and oxygen atoms in total. The lowest BCUT2D eigenvalue weighted by molar-refractivity contribution is -0.122. The van der Waals surface area contributed by atoms with Gasteiger partial charge in [0.25, 0.3) is 5.91 Å². The Morgan fingerprint density at radius 3 is 2.52 bits per heavy atom. The molecule has 0 atom stereocenters. The van der Waals surface area contributed by atoms with E-state index in [1.54, 1.807) is 0 Å². The average molecular weight is 424 g/mol. The highest BCUT2D eigenvalue weighted by molar-refractivity contribution is 6.07. The summed E-state index contributed by atoms with van der Waals surface area (Å²) in [6.07, 6.45) is 2.22. The van der Waals surface area contributed by atoms with Crippen molar-refractivity contribution in [3.05, 3.63) is 35.9 Å². The Morgan fingerprint density at radius 2 is 1.77 bits per heavy atom. The highest BCUT2D eigenvalue weighted by atomic mass is 16.5. The summed E-state index contributed by atoms with van der Waals surface area (Å²) in [5.41, 5.74) is 1.54. The van der Waals surface area contributed by atoms with Gasteiger partial charge in [-0.05, 0) is 25.0 Å². The monoisotopic (exact) mass is 423 g/mol. The van der Waals surface area contributed by atoms with Gasteiger partial charge in [-0.1, -0.05) is 18.2 Å². The first-order valence-electron chi connectivity index (χ1n) is 11.2. The normalized spacial score (nSPS) is 20.1. The minimum Gasteiger partial charge on any atom is -0.378 e. The second-order valence-electron chi connectivity index (χ2n) is 8.55. The van der Waals surface area contributed by atoms with Crippen molar-refractivity contribution in [2.75, 3.05) is 63.9 Å². The molecule has 3 heterocycles. The number of piperazine rings is 1. The van der Waals surface area contributed by atoms with Crippen LogP contribution in [0.25, 0.3) is 10.9 Å². The third-order valence-electron chi connectivity index (χ3n) is 6.24. The number of amides is 2. The fourth-order valence-corrected chi connectivity index (χ4v) is 4.28. The summed E-state index contributed by atoms with van der Waals surface area (Å²) in [4.78, 5) is 36.5. The molecule has 1 N–H and O–H groups in total. The Bertz CT molecular complexity index is 963. The minimum atomic E-state index is 0.0403. The maximum absolute atomic E-state index is 13.3. The van der Waals surface area contributed by atoms with Gasteiger partial charge >= 0.3 is 0 Å². The number of morpholine rings is 1. The van der Waals surface area contributed by atoms with Crippen LogP contribution in [0.15, 0.2) is 30.3 Å². The molecular formula is C23H29N5O3. The maximum atomic E-state index is 13.3. The van der Waals surface area contributed by atoms with Crippen molar-refractivity contribution in [1.82, 2.24) is 20.1 Å². The lowest BCUT2D eigenvalue weighted by Crippen LogP contribution is -2.50. The summed E-state index contributed by atoms with van der Waals surface area (Å²) in [5.74, 6) is 0.995. The zero-order valence-corrected chi connectivity index (χ0v) is 17.8. The van der Waals surface area contributed by atoms with Crippen molar-refractivity contribution < 1.29 is 14.3 Å². The highest BCUT2D eigenvalue weighted by Crippen LogP contribution is 2.25. The Labute approximate surface area is 182 Å². The van der Waals surface area contributed by atoms with Crippen LogP contribution < -0.4 is 10.2 Å². The molecule has 3 fully saturated rings. The number of hydrogen-bond acceptors (Lipinski definition) is 6. The van der Waals surface area contributed by atoms with Crippen LogP contribution in [0.4, 0.5) is 5.82 Å². The van der Waals surface area contributed by atoms with Gasteiger partial charge in [-0.2, -0.15) is 0 Å². The van der Waals surface area contributed by atoms with Gasteiger partial charge in [0.1, 0.15) is 5.82 Å². The minimum absolute atomic E-state index is 0.0403. The van der Waals surface area contributed by atoms with E-state index in [9.17, 15) is 9.59 Å². The van der Waals surface area contributed by atoms with Crippen LogP contribution >= 0.6 is 0 Å². The van der Waals surface area contributed by atoms with Crippen molar-refractivity contribution in [3.63, 3.8) is 0 Å². The van der Waals surface area contributed by atoms with Crippen LogP contribution in [0, 0.1) is 0 Å². The second-order valence-corrected chi connectivity index (χ2v) is 8.55. The average Bonchev–Trinajstić information content (AvgIpc) is 3.63. The number of fused-ring (bicyclic) bond motifs is 1. The number of benzene rings is 1.